The van der Waals surface area contributed by atoms with E-state index in [1.54, 1.807) is 12.3 Å². The molecule has 2 rings (SSSR count). The third-order valence-corrected chi connectivity index (χ3v) is 4.97. The molecule has 1 aromatic heterocycles. The number of aromatic carboxylic acids is 1. The molecule has 0 radical (unpaired) electrons. The van der Waals surface area contributed by atoms with Crippen LogP contribution in [0.15, 0.2) is 34.0 Å². The van der Waals surface area contributed by atoms with Gasteiger partial charge in [0.05, 0.1) is 5.56 Å². The van der Waals surface area contributed by atoms with E-state index in [1.165, 1.54) is 24.3 Å². The summed E-state index contributed by atoms with van der Waals surface area (Å²) in [6.07, 6.45) is 0. The van der Waals surface area contributed by atoms with Gasteiger partial charge in [0.1, 0.15) is 0 Å². The van der Waals surface area contributed by atoms with Gasteiger partial charge in [0.15, 0.2) is 0 Å². The van der Waals surface area contributed by atoms with Crippen molar-refractivity contribution in [3.05, 3.63) is 40.9 Å². The molecule has 0 aliphatic heterocycles. The monoisotopic (exact) mass is 298 g/mol. The van der Waals surface area contributed by atoms with Gasteiger partial charge in [0.2, 0.25) is 4.34 Å². The molecule has 0 amide bonds. The smallest absolute Gasteiger partial charge is 0.335 e. The highest BCUT2D eigenvalue weighted by molar-refractivity contribution is 7.94. The van der Waals surface area contributed by atoms with E-state index >= 15 is 0 Å². The molecule has 100 valence electrons. The van der Waals surface area contributed by atoms with Crippen molar-refractivity contribution in [3.63, 3.8) is 0 Å². The van der Waals surface area contributed by atoms with Crippen molar-refractivity contribution in [1.29, 1.82) is 0 Å². The largest absolute Gasteiger partial charge is 0.478 e. The second kappa shape index (κ2) is 4.98. The number of nitrogens with zero attached hydrogens (tertiary/aromatic N) is 1. The van der Waals surface area contributed by atoms with Crippen LogP contribution in [0, 0.1) is 6.92 Å². The molecule has 1 heterocycles. The Labute approximate surface area is 113 Å². The summed E-state index contributed by atoms with van der Waals surface area (Å²) in [7, 11) is -3.72. The Morgan fingerprint density at radius 2 is 1.95 bits per heavy atom. The predicted octanol–water partition coefficient (Wildman–Crippen LogP) is 1.95. The first-order chi connectivity index (χ1) is 8.88. The SMILES string of the molecule is Cc1csc(S(=O)(=O)Nc2ccc(C(=O)O)cc2)n1. The van der Waals surface area contributed by atoms with Crippen LogP contribution >= 0.6 is 11.3 Å². The summed E-state index contributed by atoms with van der Waals surface area (Å²) in [5.41, 5.74) is 1.01. The van der Waals surface area contributed by atoms with E-state index in [1.807, 2.05) is 0 Å². The fourth-order valence-electron chi connectivity index (χ4n) is 1.34. The van der Waals surface area contributed by atoms with Crippen molar-refractivity contribution >= 4 is 33.0 Å². The van der Waals surface area contributed by atoms with Crippen LogP contribution in [0.4, 0.5) is 5.69 Å². The van der Waals surface area contributed by atoms with Gasteiger partial charge in [-0.15, -0.1) is 11.3 Å². The molecule has 0 aliphatic carbocycles. The van der Waals surface area contributed by atoms with Gasteiger partial charge >= 0.3 is 5.97 Å². The zero-order valence-corrected chi connectivity index (χ0v) is 11.5. The average Bonchev–Trinajstić information content (AvgIpc) is 2.77. The maximum atomic E-state index is 12.0. The fraction of sp³-hybridized carbons (Fsp3) is 0.0909. The van der Waals surface area contributed by atoms with Gasteiger partial charge in [-0.2, -0.15) is 8.42 Å². The van der Waals surface area contributed by atoms with E-state index in [0.717, 1.165) is 11.3 Å². The van der Waals surface area contributed by atoms with Crippen LogP contribution in [0.25, 0.3) is 0 Å². The second-order valence-electron chi connectivity index (χ2n) is 3.74. The highest BCUT2D eigenvalue weighted by Gasteiger charge is 2.18. The Bertz CT molecular complexity index is 705. The van der Waals surface area contributed by atoms with E-state index in [0.29, 0.717) is 5.69 Å². The second-order valence-corrected chi connectivity index (χ2v) is 6.46. The zero-order valence-electron chi connectivity index (χ0n) is 9.82. The third kappa shape index (κ3) is 3.09. The molecular weight excluding hydrogens is 288 g/mol. The Morgan fingerprint density at radius 1 is 1.32 bits per heavy atom. The van der Waals surface area contributed by atoms with Gasteiger partial charge in [-0.3, -0.25) is 4.72 Å². The standard InChI is InChI=1S/C11H10N2O4S2/c1-7-6-18-11(12-7)19(16,17)13-9-4-2-8(3-5-9)10(14)15/h2-6,13H,1H3,(H,14,15). The lowest BCUT2D eigenvalue weighted by Gasteiger charge is -2.05. The maximum absolute atomic E-state index is 12.0. The van der Waals surface area contributed by atoms with Gasteiger partial charge in [0, 0.05) is 16.8 Å². The number of anilines is 1. The average molecular weight is 298 g/mol. The number of carboxylic acids is 1. The first kappa shape index (κ1) is 13.5. The van der Waals surface area contributed by atoms with Crippen LogP contribution in [-0.2, 0) is 10.0 Å². The fourth-order valence-corrected chi connectivity index (χ4v) is 3.43. The van der Waals surface area contributed by atoms with Crippen molar-refractivity contribution in [2.24, 2.45) is 0 Å². The van der Waals surface area contributed by atoms with E-state index < -0.39 is 16.0 Å². The predicted molar refractivity (Wildman–Crippen MR) is 71.1 cm³/mol. The summed E-state index contributed by atoms with van der Waals surface area (Å²) in [6, 6.07) is 5.43. The minimum absolute atomic E-state index is 0.0210. The Hall–Kier alpha value is -1.93. The number of nitrogens with one attached hydrogen (secondary N) is 1. The summed E-state index contributed by atoms with van der Waals surface area (Å²) in [4.78, 5) is 14.6. The number of aryl methyl sites for hydroxylation is 1. The number of rotatable bonds is 4. The molecule has 6 nitrogen and oxygen atoms in total. The first-order valence-electron chi connectivity index (χ1n) is 5.17. The lowest BCUT2D eigenvalue weighted by Crippen LogP contribution is -2.12. The topological polar surface area (TPSA) is 96.4 Å². The van der Waals surface area contributed by atoms with Crippen LogP contribution in [0.3, 0.4) is 0 Å². The molecule has 0 fully saturated rings. The molecule has 0 atom stereocenters. The molecule has 0 aliphatic rings. The number of hydrogen-bond acceptors (Lipinski definition) is 5. The minimum atomic E-state index is -3.72. The van der Waals surface area contributed by atoms with Crippen LogP contribution in [0.1, 0.15) is 16.1 Å². The highest BCUT2D eigenvalue weighted by atomic mass is 32.2. The molecule has 8 heteroatoms. The molecule has 0 spiro atoms. The van der Waals surface area contributed by atoms with Crippen molar-refractivity contribution in [1.82, 2.24) is 4.98 Å². The first-order valence-corrected chi connectivity index (χ1v) is 7.53. The number of carbonyl (C=O) groups is 1. The minimum Gasteiger partial charge on any atom is -0.478 e. The molecular formula is C11H10N2O4S2. The lowest BCUT2D eigenvalue weighted by atomic mass is 10.2. The third-order valence-electron chi connectivity index (χ3n) is 2.21. The van der Waals surface area contributed by atoms with E-state index in [4.69, 9.17) is 5.11 Å². The molecule has 0 saturated heterocycles. The maximum Gasteiger partial charge on any atom is 0.335 e. The lowest BCUT2D eigenvalue weighted by molar-refractivity contribution is 0.0697. The molecule has 0 saturated carbocycles. The summed E-state index contributed by atoms with van der Waals surface area (Å²) < 4.78 is 26.2. The normalized spacial score (nSPS) is 11.2. The van der Waals surface area contributed by atoms with Crippen molar-refractivity contribution in [3.8, 4) is 0 Å². The highest BCUT2D eigenvalue weighted by Crippen LogP contribution is 2.19. The Kier molecular flexibility index (Phi) is 3.54. The van der Waals surface area contributed by atoms with Gasteiger partial charge in [-0.25, -0.2) is 9.78 Å². The molecule has 0 bridgehead atoms. The molecule has 2 N–H and O–H groups in total. The van der Waals surface area contributed by atoms with Gasteiger partial charge in [-0.1, -0.05) is 0 Å². The van der Waals surface area contributed by atoms with Crippen LogP contribution in [0.2, 0.25) is 0 Å². The van der Waals surface area contributed by atoms with Crippen molar-refractivity contribution in [2.45, 2.75) is 11.3 Å². The number of hydrogen-bond donors (Lipinski definition) is 2. The number of aromatic nitrogens is 1. The Morgan fingerprint density at radius 3 is 2.42 bits per heavy atom. The van der Waals surface area contributed by atoms with Crippen LogP contribution in [0.5, 0.6) is 0 Å². The van der Waals surface area contributed by atoms with E-state index in [-0.39, 0.29) is 15.6 Å². The number of benzene rings is 1. The van der Waals surface area contributed by atoms with Crippen molar-refractivity contribution < 1.29 is 18.3 Å². The quantitative estimate of drug-likeness (QED) is 0.899. The number of carboxylic acid groups (broad SMARTS) is 1. The molecule has 2 aromatic rings. The van der Waals surface area contributed by atoms with Gasteiger partial charge in [-0.05, 0) is 31.2 Å². The van der Waals surface area contributed by atoms with Gasteiger partial charge in [0.25, 0.3) is 10.0 Å². The molecule has 1 aromatic carbocycles. The van der Waals surface area contributed by atoms with Crippen LogP contribution in [-0.4, -0.2) is 24.5 Å². The number of thiazole rings is 1. The van der Waals surface area contributed by atoms with Crippen molar-refractivity contribution in [2.75, 3.05) is 4.72 Å². The summed E-state index contributed by atoms with van der Waals surface area (Å²) in [5, 5.41) is 10.4. The van der Waals surface area contributed by atoms with E-state index in [9.17, 15) is 13.2 Å². The summed E-state index contributed by atoms with van der Waals surface area (Å²) >= 11 is 1.03. The van der Waals surface area contributed by atoms with Crippen LogP contribution < -0.4 is 4.72 Å². The zero-order chi connectivity index (χ0) is 14.0. The molecule has 19 heavy (non-hydrogen) atoms. The molecule has 0 unspecified atom stereocenters. The Balaban J connectivity index is 2.23. The number of sulfonamides is 1. The summed E-state index contributed by atoms with van der Waals surface area (Å²) in [6.45, 7) is 1.71. The summed E-state index contributed by atoms with van der Waals surface area (Å²) in [5.74, 6) is -1.06. The van der Waals surface area contributed by atoms with E-state index in [2.05, 4.69) is 9.71 Å². The van der Waals surface area contributed by atoms with Gasteiger partial charge < -0.3 is 5.11 Å².